The highest BCUT2D eigenvalue weighted by Gasteiger charge is 2.23. The molecule has 1 amide bonds. The van der Waals surface area contributed by atoms with Crippen molar-refractivity contribution in [2.24, 2.45) is 0 Å². The van der Waals surface area contributed by atoms with Crippen LogP contribution in [0, 0.1) is 10.1 Å². The molecule has 0 spiro atoms. The number of benzene rings is 2. The van der Waals surface area contributed by atoms with Crippen LogP contribution < -0.4 is 14.4 Å². The predicted octanol–water partition coefficient (Wildman–Crippen LogP) is 3.31. The smallest absolute Gasteiger partial charge is 0.271 e. The Kier molecular flexibility index (Phi) is 6.70. The zero-order valence-electron chi connectivity index (χ0n) is 14.7. The summed E-state index contributed by atoms with van der Waals surface area (Å²) in [5, 5.41) is 13.7. The number of sulfonamides is 1. The van der Waals surface area contributed by atoms with Gasteiger partial charge in [-0.15, -0.1) is 0 Å². The highest BCUT2D eigenvalue weighted by Crippen LogP contribution is 2.30. The molecule has 0 heterocycles. The van der Waals surface area contributed by atoms with Gasteiger partial charge in [0, 0.05) is 22.2 Å². The number of methoxy groups -OCH3 is 1. The summed E-state index contributed by atoms with van der Waals surface area (Å²) >= 11 is 11.8. The van der Waals surface area contributed by atoms with Crippen LogP contribution in [0.25, 0.3) is 0 Å². The molecule has 150 valence electrons. The molecule has 1 N–H and O–H groups in total. The summed E-state index contributed by atoms with van der Waals surface area (Å²) in [6.07, 6.45) is 0.920. The molecule has 0 aliphatic rings. The van der Waals surface area contributed by atoms with Gasteiger partial charge in [0.15, 0.2) is 0 Å². The fourth-order valence-electron chi connectivity index (χ4n) is 2.31. The number of ether oxygens (including phenoxy) is 1. The van der Waals surface area contributed by atoms with Crippen LogP contribution in [0.3, 0.4) is 0 Å². The average molecular weight is 448 g/mol. The molecule has 0 fully saturated rings. The Morgan fingerprint density at radius 3 is 2.32 bits per heavy atom. The SMILES string of the molecule is COc1ccc([N+](=O)[O-])cc1NC(=O)CN(c1cc(Cl)cc(Cl)c1)S(C)(=O)=O. The third-order valence-corrected chi connectivity index (χ3v) is 5.07. The van der Waals surface area contributed by atoms with Gasteiger partial charge in [0.2, 0.25) is 15.9 Å². The summed E-state index contributed by atoms with van der Waals surface area (Å²) in [6, 6.07) is 7.74. The summed E-state index contributed by atoms with van der Waals surface area (Å²) in [6.45, 7) is -0.610. The third-order valence-electron chi connectivity index (χ3n) is 3.49. The molecule has 0 aromatic heterocycles. The lowest BCUT2D eigenvalue weighted by atomic mass is 10.2. The number of carbonyl (C=O) groups is 1. The van der Waals surface area contributed by atoms with Crippen LogP contribution in [0.4, 0.5) is 17.1 Å². The molecule has 0 radical (unpaired) electrons. The van der Waals surface area contributed by atoms with E-state index in [1.165, 1.54) is 37.4 Å². The Morgan fingerprint density at radius 1 is 1.21 bits per heavy atom. The minimum atomic E-state index is -3.86. The number of non-ortho nitro benzene ring substituents is 1. The van der Waals surface area contributed by atoms with Gasteiger partial charge in [-0.25, -0.2) is 8.42 Å². The molecular formula is C16H15Cl2N3O6S. The Labute approximate surface area is 171 Å². The molecule has 2 rings (SSSR count). The first-order valence-electron chi connectivity index (χ1n) is 7.57. The summed E-state index contributed by atoms with van der Waals surface area (Å²) in [4.78, 5) is 22.8. The Morgan fingerprint density at radius 2 is 1.82 bits per heavy atom. The molecule has 0 saturated heterocycles. The maximum Gasteiger partial charge on any atom is 0.271 e. The maximum atomic E-state index is 12.5. The van der Waals surface area contributed by atoms with E-state index in [-0.39, 0.29) is 32.9 Å². The van der Waals surface area contributed by atoms with Crippen LogP contribution in [0.1, 0.15) is 0 Å². The minimum absolute atomic E-state index is 0.0271. The molecule has 0 unspecified atom stereocenters. The number of amides is 1. The Hall–Kier alpha value is -2.56. The van der Waals surface area contributed by atoms with E-state index >= 15 is 0 Å². The van der Waals surface area contributed by atoms with E-state index in [1.807, 2.05) is 0 Å². The van der Waals surface area contributed by atoms with Gasteiger partial charge in [-0.2, -0.15) is 0 Å². The van der Waals surface area contributed by atoms with E-state index < -0.39 is 27.4 Å². The molecule has 0 aliphatic carbocycles. The summed E-state index contributed by atoms with van der Waals surface area (Å²) < 4.78 is 30.2. The molecule has 0 bridgehead atoms. The first-order chi connectivity index (χ1) is 13.0. The molecule has 9 nitrogen and oxygen atoms in total. The standard InChI is InChI=1S/C16H15Cl2N3O6S/c1-27-15-4-3-12(21(23)24)8-14(15)19-16(22)9-20(28(2,25)26)13-6-10(17)5-11(18)7-13/h3-8H,9H2,1-2H3,(H,19,22). The van der Waals surface area contributed by atoms with E-state index in [1.54, 1.807) is 0 Å². The lowest BCUT2D eigenvalue weighted by molar-refractivity contribution is -0.384. The van der Waals surface area contributed by atoms with Gasteiger partial charge >= 0.3 is 0 Å². The van der Waals surface area contributed by atoms with Crippen LogP contribution in [0.5, 0.6) is 5.75 Å². The number of nitrogens with one attached hydrogen (secondary N) is 1. The van der Waals surface area contributed by atoms with Gasteiger partial charge in [-0.1, -0.05) is 23.2 Å². The normalized spacial score (nSPS) is 11.0. The minimum Gasteiger partial charge on any atom is -0.495 e. The van der Waals surface area contributed by atoms with Crippen LogP contribution in [-0.4, -0.2) is 39.2 Å². The number of rotatable bonds is 7. The van der Waals surface area contributed by atoms with E-state index in [0.29, 0.717) is 0 Å². The van der Waals surface area contributed by atoms with E-state index in [9.17, 15) is 23.3 Å². The van der Waals surface area contributed by atoms with Crippen LogP contribution in [-0.2, 0) is 14.8 Å². The number of nitro benzene ring substituents is 1. The van der Waals surface area contributed by atoms with Crippen molar-refractivity contribution in [2.75, 3.05) is 29.5 Å². The summed E-state index contributed by atoms with van der Waals surface area (Å²) in [5.74, 6) is -0.573. The highest BCUT2D eigenvalue weighted by molar-refractivity contribution is 7.92. The lowest BCUT2D eigenvalue weighted by Gasteiger charge is -2.22. The number of hydrogen-bond acceptors (Lipinski definition) is 6. The molecule has 0 aliphatic heterocycles. The second kappa shape index (κ2) is 8.63. The maximum absolute atomic E-state index is 12.5. The van der Waals surface area contributed by atoms with Crippen LogP contribution in [0.15, 0.2) is 36.4 Å². The van der Waals surface area contributed by atoms with E-state index in [2.05, 4.69) is 5.32 Å². The van der Waals surface area contributed by atoms with Crippen molar-refractivity contribution in [1.29, 1.82) is 0 Å². The topological polar surface area (TPSA) is 119 Å². The average Bonchev–Trinajstić information content (AvgIpc) is 2.57. The number of hydrogen-bond donors (Lipinski definition) is 1. The molecule has 0 saturated carbocycles. The fraction of sp³-hybridized carbons (Fsp3) is 0.188. The number of nitrogens with zero attached hydrogens (tertiary/aromatic N) is 2. The Balaban J connectivity index is 2.33. The quantitative estimate of drug-likeness (QED) is 0.513. The first-order valence-corrected chi connectivity index (χ1v) is 10.2. The lowest BCUT2D eigenvalue weighted by Crippen LogP contribution is -2.37. The van der Waals surface area contributed by atoms with Gasteiger partial charge in [0.25, 0.3) is 5.69 Å². The molecule has 12 heteroatoms. The van der Waals surface area contributed by atoms with Crippen molar-refractivity contribution >= 4 is 56.2 Å². The van der Waals surface area contributed by atoms with Gasteiger partial charge < -0.3 is 10.1 Å². The van der Waals surface area contributed by atoms with E-state index in [4.69, 9.17) is 27.9 Å². The number of nitro groups is 1. The molecule has 2 aromatic rings. The van der Waals surface area contributed by atoms with Crippen molar-refractivity contribution in [3.05, 3.63) is 56.6 Å². The second-order valence-electron chi connectivity index (χ2n) is 5.59. The van der Waals surface area contributed by atoms with Crippen molar-refractivity contribution in [3.8, 4) is 5.75 Å². The van der Waals surface area contributed by atoms with Gasteiger partial charge in [0.05, 0.1) is 29.7 Å². The van der Waals surface area contributed by atoms with Crippen LogP contribution >= 0.6 is 23.2 Å². The first kappa shape index (κ1) is 21.7. The second-order valence-corrected chi connectivity index (χ2v) is 8.37. The zero-order valence-corrected chi connectivity index (χ0v) is 17.0. The summed E-state index contributed by atoms with van der Waals surface area (Å²) in [7, 11) is -2.53. The number of anilines is 2. The van der Waals surface area contributed by atoms with Crippen molar-refractivity contribution in [1.82, 2.24) is 0 Å². The monoisotopic (exact) mass is 447 g/mol. The predicted molar refractivity (Wildman–Crippen MR) is 107 cm³/mol. The molecule has 2 aromatic carbocycles. The Bertz CT molecular complexity index is 1010. The largest absolute Gasteiger partial charge is 0.495 e. The van der Waals surface area contributed by atoms with Crippen molar-refractivity contribution in [2.45, 2.75) is 0 Å². The van der Waals surface area contributed by atoms with E-state index in [0.717, 1.165) is 16.6 Å². The van der Waals surface area contributed by atoms with Crippen LogP contribution in [0.2, 0.25) is 10.0 Å². The van der Waals surface area contributed by atoms with Crippen molar-refractivity contribution in [3.63, 3.8) is 0 Å². The molecular weight excluding hydrogens is 433 g/mol. The van der Waals surface area contributed by atoms with Gasteiger partial charge in [0.1, 0.15) is 12.3 Å². The molecule has 0 atom stereocenters. The van der Waals surface area contributed by atoms with Crippen molar-refractivity contribution < 1.29 is 22.9 Å². The highest BCUT2D eigenvalue weighted by atomic mass is 35.5. The number of halogens is 2. The van der Waals surface area contributed by atoms with Gasteiger partial charge in [-0.3, -0.25) is 19.2 Å². The zero-order chi connectivity index (χ0) is 21.1. The third kappa shape index (κ3) is 5.47. The number of carbonyl (C=O) groups excluding carboxylic acids is 1. The summed E-state index contributed by atoms with van der Waals surface area (Å²) in [5.41, 5.74) is -0.141. The van der Waals surface area contributed by atoms with Gasteiger partial charge in [-0.05, 0) is 24.3 Å². The molecule has 28 heavy (non-hydrogen) atoms. The fourth-order valence-corrected chi connectivity index (χ4v) is 3.67.